The number of amidine groups is 1. The molecule has 0 unspecified atom stereocenters. The monoisotopic (exact) mass is 783 g/mol. The molecule has 2 heterocycles. The van der Waals surface area contributed by atoms with E-state index in [0.717, 1.165) is 84.7 Å². The summed E-state index contributed by atoms with van der Waals surface area (Å²) in [7, 11) is 0. The molecule has 0 fully saturated rings. The number of H-pyrrole nitrogens is 1. The Balaban J connectivity index is 1.06. The summed E-state index contributed by atoms with van der Waals surface area (Å²) in [5.74, 6) is 1.39. The van der Waals surface area contributed by atoms with Gasteiger partial charge in [-0.25, -0.2) is 9.98 Å². The van der Waals surface area contributed by atoms with Crippen LogP contribution in [-0.4, -0.2) is 16.5 Å². The van der Waals surface area contributed by atoms with Gasteiger partial charge in [-0.3, -0.25) is 0 Å². The molecular formula is C56H41N5. The first-order valence-corrected chi connectivity index (χ1v) is 20.5. The smallest absolute Gasteiger partial charge is 0.162 e. The van der Waals surface area contributed by atoms with Gasteiger partial charge < -0.3 is 14.8 Å². The van der Waals surface area contributed by atoms with E-state index in [0.29, 0.717) is 5.84 Å². The van der Waals surface area contributed by atoms with Gasteiger partial charge in [0.05, 0.1) is 5.71 Å². The van der Waals surface area contributed by atoms with Gasteiger partial charge in [-0.2, -0.15) is 0 Å². The van der Waals surface area contributed by atoms with E-state index < -0.39 is 0 Å². The molecule has 10 rings (SSSR count). The number of allylic oxidation sites excluding steroid dienone is 1. The lowest BCUT2D eigenvalue weighted by atomic mass is 10.0. The predicted octanol–water partition coefficient (Wildman–Crippen LogP) is 14.9. The highest BCUT2D eigenvalue weighted by Crippen LogP contribution is 2.41. The zero-order valence-electron chi connectivity index (χ0n) is 33.4. The van der Waals surface area contributed by atoms with Crippen molar-refractivity contribution in [2.45, 2.75) is 0 Å². The lowest BCUT2D eigenvalue weighted by molar-refractivity contribution is 1.28. The molecular weight excluding hydrogens is 743 g/mol. The SMILES string of the molecule is C1=C(c2ccc(N(c3ccccc3)c3ccccc3)cc2)C(=Nc2[nH]c(-c3ccccc3)cc2-c2ccc(N(c3ccccc3)c3ccccc3)cc2)N=C1c1ccccc1. The molecule has 0 radical (unpaired) electrons. The van der Waals surface area contributed by atoms with Gasteiger partial charge >= 0.3 is 0 Å². The molecule has 5 nitrogen and oxygen atoms in total. The Bertz CT molecular complexity index is 2880. The summed E-state index contributed by atoms with van der Waals surface area (Å²) in [6.45, 7) is 0. The first kappa shape index (κ1) is 37.0. The molecule has 0 saturated heterocycles. The Labute approximate surface area is 356 Å². The molecule has 0 bridgehead atoms. The van der Waals surface area contributed by atoms with Gasteiger partial charge in [0.2, 0.25) is 0 Å². The number of rotatable bonds is 11. The molecule has 8 aromatic carbocycles. The fourth-order valence-corrected chi connectivity index (χ4v) is 7.88. The summed E-state index contributed by atoms with van der Waals surface area (Å²) in [4.78, 5) is 18.9. The number of para-hydroxylation sites is 4. The highest BCUT2D eigenvalue weighted by atomic mass is 15.1. The van der Waals surface area contributed by atoms with E-state index in [4.69, 9.17) is 9.98 Å². The van der Waals surface area contributed by atoms with Gasteiger partial charge in [-0.1, -0.05) is 158 Å². The molecule has 0 aliphatic carbocycles. The molecule has 0 atom stereocenters. The zero-order chi connectivity index (χ0) is 40.8. The van der Waals surface area contributed by atoms with Crippen molar-refractivity contribution in [2.24, 2.45) is 9.98 Å². The standard InChI is InChI=1S/C56H41N5/c1-7-19-43(20-8-1)53-39-51(41-31-35-49(36-32-41)60(45-23-11-3-12-24-45)46-25-13-4-14-26-46)55(57-53)59-56-52(40-54(58-56)44-21-9-2-10-22-44)42-33-37-50(38-34-42)61(47-27-15-5-16-28-47)48-29-17-6-18-30-48/h1-40,57H. The van der Waals surface area contributed by atoms with E-state index in [-0.39, 0.29) is 0 Å². The highest BCUT2D eigenvalue weighted by molar-refractivity contribution is 6.38. The van der Waals surface area contributed by atoms with Gasteiger partial charge in [0.15, 0.2) is 5.84 Å². The molecule has 1 aliphatic rings. The maximum atomic E-state index is 5.40. The second-order valence-electron chi connectivity index (χ2n) is 14.8. The van der Waals surface area contributed by atoms with Crippen molar-refractivity contribution < 1.29 is 0 Å². The van der Waals surface area contributed by atoms with Crippen molar-refractivity contribution in [1.29, 1.82) is 0 Å². The lowest BCUT2D eigenvalue weighted by Crippen LogP contribution is -2.09. The van der Waals surface area contributed by atoms with E-state index in [2.05, 4.69) is 209 Å². The summed E-state index contributed by atoms with van der Waals surface area (Å²) < 4.78 is 0. The molecule has 61 heavy (non-hydrogen) atoms. The molecule has 5 heteroatoms. The normalized spacial score (nSPS) is 12.8. The number of nitrogens with zero attached hydrogens (tertiary/aromatic N) is 4. The van der Waals surface area contributed by atoms with Crippen molar-refractivity contribution in [3.05, 3.63) is 254 Å². The second kappa shape index (κ2) is 16.9. The summed E-state index contributed by atoms with van der Waals surface area (Å²) in [6, 6.07) is 82.3. The Kier molecular flexibility index (Phi) is 10.3. The zero-order valence-corrected chi connectivity index (χ0v) is 33.4. The molecule has 1 N–H and O–H groups in total. The van der Waals surface area contributed by atoms with Gasteiger partial charge in [-0.05, 0) is 102 Å². The number of aromatic nitrogens is 1. The van der Waals surface area contributed by atoms with Crippen molar-refractivity contribution in [3.63, 3.8) is 0 Å². The highest BCUT2D eigenvalue weighted by Gasteiger charge is 2.22. The molecule has 0 spiro atoms. The maximum Gasteiger partial charge on any atom is 0.162 e. The van der Waals surface area contributed by atoms with E-state index >= 15 is 0 Å². The molecule has 1 aliphatic heterocycles. The van der Waals surface area contributed by atoms with Crippen LogP contribution in [0, 0.1) is 0 Å². The summed E-state index contributed by atoms with van der Waals surface area (Å²) in [5.41, 5.74) is 14.5. The molecule has 290 valence electrons. The predicted molar refractivity (Wildman–Crippen MR) is 256 cm³/mol. The number of hydrogen-bond donors (Lipinski definition) is 1. The van der Waals surface area contributed by atoms with E-state index in [9.17, 15) is 0 Å². The minimum Gasteiger partial charge on any atom is -0.339 e. The number of nitrogens with one attached hydrogen (secondary N) is 1. The number of benzene rings is 8. The van der Waals surface area contributed by atoms with Crippen LogP contribution in [0.15, 0.2) is 253 Å². The Morgan fingerprint density at radius 2 is 0.738 bits per heavy atom. The van der Waals surface area contributed by atoms with Crippen LogP contribution in [0.3, 0.4) is 0 Å². The molecule has 9 aromatic rings. The van der Waals surface area contributed by atoms with Crippen LogP contribution in [0.25, 0.3) is 28.0 Å². The summed E-state index contributed by atoms with van der Waals surface area (Å²) >= 11 is 0. The number of aliphatic imine (C=N–C) groups is 2. The van der Waals surface area contributed by atoms with Crippen LogP contribution in [0.2, 0.25) is 0 Å². The average Bonchev–Trinajstić information content (AvgIpc) is 3.97. The van der Waals surface area contributed by atoms with Crippen LogP contribution in [-0.2, 0) is 0 Å². The van der Waals surface area contributed by atoms with E-state index in [1.165, 1.54) is 0 Å². The van der Waals surface area contributed by atoms with Gasteiger partial charge in [0, 0.05) is 56.5 Å². The maximum absolute atomic E-state index is 5.40. The minimum atomic E-state index is 0.647. The van der Waals surface area contributed by atoms with E-state index in [1.807, 2.05) is 48.5 Å². The third kappa shape index (κ3) is 7.84. The largest absolute Gasteiger partial charge is 0.339 e. The third-order valence-electron chi connectivity index (χ3n) is 10.8. The van der Waals surface area contributed by atoms with Crippen molar-refractivity contribution in [2.75, 3.05) is 9.80 Å². The Hall–Kier alpha value is -8.28. The van der Waals surface area contributed by atoms with Crippen LogP contribution in [0.1, 0.15) is 11.1 Å². The number of aromatic amines is 1. The fraction of sp³-hybridized carbons (Fsp3) is 0. The summed E-state index contributed by atoms with van der Waals surface area (Å²) in [6.07, 6.45) is 2.16. The lowest BCUT2D eigenvalue weighted by Gasteiger charge is -2.25. The van der Waals surface area contributed by atoms with Gasteiger partial charge in [0.1, 0.15) is 5.82 Å². The number of anilines is 6. The molecule has 0 amide bonds. The van der Waals surface area contributed by atoms with Gasteiger partial charge in [-0.15, -0.1) is 0 Å². The Morgan fingerprint density at radius 1 is 0.361 bits per heavy atom. The summed E-state index contributed by atoms with van der Waals surface area (Å²) in [5, 5.41) is 0. The van der Waals surface area contributed by atoms with Crippen LogP contribution in [0.4, 0.5) is 39.9 Å². The molecule has 0 saturated carbocycles. The van der Waals surface area contributed by atoms with Crippen molar-refractivity contribution >= 4 is 57.1 Å². The average molecular weight is 784 g/mol. The van der Waals surface area contributed by atoms with Crippen LogP contribution in [0.5, 0.6) is 0 Å². The Morgan fingerprint density at radius 3 is 1.18 bits per heavy atom. The van der Waals surface area contributed by atoms with Crippen molar-refractivity contribution in [1.82, 2.24) is 4.98 Å². The topological polar surface area (TPSA) is 47.0 Å². The second-order valence-corrected chi connectivity index (χ2v) is 14.8. The van der Waals surface area contributed by atoms with Crippen LogP contribution < -0.4 is 9.80 Å². The molecule has 1 aromatic heterocycles. The number of hydrogen-bond acceptors (Lipinski definition) is 3. The third-order valence-corrected chi connectivity index (χ3v) is 10.8. The van der Waals surface area contributed by atoms with Crippen molar-refractivity contribution in [3.8, 4) is 22.4 Å². The van der Waals surface area contributed by atoms with Crippen LogP contribution >= 0.6 is 0 Å². The van der Waals surface area contributed by atoms with Gasteiger partial charge in [0.25, 0.3) is 0 Å². The first-order valence-electron chi connectivity index (χ1n) is 20.5. The fourth-order valence-electron chi connectivity index (χ4n) is 7.88. The van der Waals surface area contributed by atoms with E-state index in [1.54, 1.807) is 0 Å². The quantitative estimate of drug-likeness (QED) is 0.142. The first-order chi connectivity index (χ1) is 30.2. The minimum absolute atomic E-state index is 0.647.